The van der Waals surface area contributed by atoms with E-state index in [2.05, 4.69) is 6.92 Å². The van der Waals surface area contributed by atoms with E-state index in [9.17, 15) is 9.59 Å². The van der Waals surface area contributed by atoms with Crippen LogP contribution < -0.4 is 4.90 Å². The average Bonchev–Trinajstić information content (AvgIpc) is 3.03. The summed E-state index contributed by atoms with van der Waals surface area (Å²) in [5.74, 6) is 0.423. The first-order chi connectivity index (χ1) is 14.9. The van der Waals surface area contributed by atoms with E-state index in [4.69, 9.17) is 4.99 Å². The molecular weight excluding hydrogens is 386 g/mol. The van der Waals surface area contributed by atoms with Crippen LogP contribution in [-0.2, 0) is 9.59 Å². The van der Waals surface area contributed by atoms with Gasteiger partial charge in [0.15, 0.2) is 0 Å². The zero-order valence-electron chi connectivity index (χ0n) is 18.7. The zero-order valence-corrected chi connectivity index (χ0v) is 18.7. The summed E-state index contributed by atoms with van der Waals surface area (Å²) in [4.78, 5) is 35.4. The van der Waals surface area contributed by atoms with E-state index in [0.717, 1.165) is 42.5 Å². The van der Waals surface area contributed by atoms with Crippen LogP contribution in [0.3, 0.4) is 0 Å². The first kappa shape index (κ1) is 21.3. The van der Waals surface area contributed by atoms with Gasteiger partial charge in [-0.15, -0.1) is 0 Å². The molecule has 1 heterocycles. The second-order valence-electron chi connectivity index (χ2n) is 8.86. The van der Waals surface area contributed by atoms with Crippen molar-refractivity contribution in [2.45, 2.75) is 52.1 Å². The highest BCUT2D eigenvalue weighted by atomic mass is 16.2. The van der Waals surface area contributed by atoms with Crippen molar-refractivity contribution in [3.63, 3.8) is 0 Å². The van der Waals surface area contributed by atoms with Crippen molar-refractivity contribution in [1.29, 1.82) is 0 Å². The number of aliphatic imine (C=N–C) groups is 1. The van der Waals surface area contributed by atoms with Crippen molar-refractivity contribution >= 4 is 23.2 Å². The van der Waals surface area contributed by atoms with E-state index < -0.39 is 5.66 Å². The maximum atomic E-state index is 13.5. The van der Waals surface area contributed by atoms with E-state index in [1.165, 1.54) is 0 Å². The summed E-state index contributed by atoms with van der Waals surface area (Å²) >= 11 is 0. The molecule has 5 nitrogen and oxygen atoms in total. The van der Waals surface area contributed by atoms with E-state index in [0.29, 0.717) is 18.2 Å². The fourth-order valence-corrected chi connectivity index (χ4v) is 4.76. The molecule has 2 aliphatic rings. The second kappa shape index (κ2) is 8.66. The van der Waals surface area contributed by atoms with E-state index in [1.807, 2.05) is 68.4 Å². The van der Waals surface area contributed by atoms with E-state index >= 15 is 0 Å². The molecule has 0 radical (unpaired) electrons. The highest BCUT2D eigenvalue weighted by molar-refractivity contribution is 6.47. The molecule has 2 amide bonds. The van der Waals surface area contributed by atoms with Gasteiger partial charge in [-0.3, -0.25) is 14.6 Å². The van der Waals surface area contributed by atoms with E-state index in [-0.39, 0.29) is 18.4 Å². The fraction of sp³-hybridized carbons (Fsp3) is 0.423. The first-order valence-corrected chi connectivity index (χ1v) is 11.3. The molecule has 1 saturated carbocycles. The molecule has 2 aromatic rings. The Morgan fingerprint density at radius 2 is 1.84 bits per heavy atom. The average molecular weight is 418 g/mol. The quantitative estimate of drug-likeness (QED) is 0.715. The summed E-state index contributed by atoms with van der Waals surface area (Å²) in [5.41, 5.74) is 2.69. The van der Waals surface area contributed by atoms with Crippen molar-refractivity contribution in [2.75, 3.05) is 18.0 Å². The number of hydrogen-bond donors (Lipinski definition) is 0. The lowest BCUT2D eigenvalue weighted by molar-refractivity contribution is -0.135. The maximum Gasteiger partial charge on any atom is 0.275 e. The zero-order chi connectivity index (χ0) is 22.0. The molecule has 162 valence electrons. The third kappa shape index (κ3) is 4.14. The van der Waals surface area contributed by atoms with Gasteiger partial charge in [0.1, 0.15) is 17.9 Å². The van der Waals surface area contributed by atoms with Crippen LogP contribution in [0.25, 0.3) is 0 Å². The number of rotatable bonds is 5. The number of nitrogens with zero attached hydrogens (tertiary/aromatic N) is 3. The standard InChI is InChI=1S/C26H31N3O2/c1-4-28(22-12-8-9-20(3)17-22)23(30)18-29-25(31)24(21-10-6-5-7-11-21)27-26(29)15-13-19(2)14-16-26/h5-12,17,19H,4,13-16,18H2,1-3H3. The van der Waals surface area contributed by atoms with Crippen LogP contribution in [0.15, 0.2) is 59.6 Å². The smallest absolute Gasteiger partial charge is 0.275 e. The molecule has 1 spiro atoms. The van der Waals surface area contributed by atoms with Crippen LogP contribution in [0.4, 0.5) is 5.69 Å². The molecule has 31 heavy (non-hydrogen) atoms. The van der Waals surface area contributed by atoms with Crippen LogP contribution in [0.2, 0.25) is 0 Å². The number of hydrogen-bond acceptors (Lipinski definition) is 3. The number of amides is 2. The van der Waals surface area contributed by atoms with Crippen LogP contribution in [-0.4, -0.2) is 41.2 Å². The Hall–Kier alpha value is -2.95. The minimum absolute atomic E-state index is 0.0504. The Morgan fingerprint density at radius 1 is 1.13 bits per heavy atom. The molecule has 2 aromatic carbocycles. The Balaban J connectivity index is 1.64. The predicted molar refractivity (Wildman–Crippen MR) is 124 cm³/mol. The van der Waals surface area contributed by atoms with Crippen LogP contribution >= 0.6 is 0 Å². The molecule has 0 aromatic heterocycles. The number of aryl methyl sites for hydroxylation is 1. The van der Waals surface area contributed by atoms with Gasteiger partial charge in [-0.1, -0.05) is 49.4 Å². The van der Waals surface area contributed by atoms with Gasteiger partial charge < -0.3 is 9.80 Å². The first-order valence-electron chi connectivity index (χ1n) is 11.3. The molecule has 0 saturated heterocycles. The molecule has 0 unspecified atom stereocenters. The summed E-state index contributed by atoms with van der Waals surface area (Å²) in [5, 5.41) is 0. The Labute approximate surface area is 184 Å². The largest absolute Gasteiger partial charge is 0.311 e. The Bertz CT molecular complexity index is 991. The van der Waals surface area contributed by atoms with Crippen LogP contribution in [0.1, 0.15) is 50.7 Å². The lowest BCUT2D eigenvalue weighted by atomic mass is 9.82. The van der Waals surface area contributed by atoms with Gasteiger partial charge in [0.25, 0.3) is 5.91 Å². The lowest BCUT2D eigenvalue weighted by Gasteiger charge is -2.41. The predicted octanol–water partition coefficient (Wildman–Crippen LogP) is 4.59. The summed E-state index contributed by atoms with van der Waals surface area (Å²) in [6.07, 6.45) is 3.64. The van der Waals surface area contributed by atoms with Gasteiger partial charge in [0.05, 0.1) is 0 Å². The third-order valence-corrected chi connectivity index (χ3v) is 6.62. The number of benzene rings is 2. The minimum Gasteiger partial charge on any atom is -0.311 e. The van der Waals surface area contributed by atoms with Gasteiger partial charge in [-0.25, -0.2) is 0 Å². The van der Waals surface area contributed by atoms with Gasteiger partial charge >= 0.3 is 0 Å². The Morgan fingerprint density at radius 3 is 2.48 bits per heavy atom. The van der Waals surface area contributed by atoms with Crippen molar-refractivity contribution in [2.24, 2.45) is 10.9 Å². The number of carbonyl (C=O) groups is 2. The third-order valence-electron chi connectivity index (χ3n) is 6.62. The van der Waals surface area contributed by atoms with Crippen LogP contribution in [0, 0.1) is 12.8 Å². The summed E-state index contributed by atoms with van der Waals surface area (Å²) in [6, 6.07) is 17.6. The monoisotopic (exact) mass is 417 g/mol. The number of carbonyl (C=O) groups excluding carboxylic acids is 2. The SMILES string of the molecule is CCN(C(=O)CN1C(=O)C(c2ccccc2)=NC12CCC(C)CC2)c1cccc(C)c1. The van der Waals surface area contributed by atoms with Crippen LogP contribution in [0.5, 0.6) is 0 Å². The van der Waals surface area contributed by atoms with Gasteiger partial charge in [-0.2, -0.15) is 0 Å². The van der Waals surface area contributed by atoms with E-state index in [1.54, 1.807) is 9.80 Å². The molecule has 1 aliphatic carbocycles. The Kier molecular flexibility index (Phi) is 5.94. The number of likely N-dealkylation sites (N-methyl/N-ethyl adjacent to an activating group) is 1. The van der Waals surface area contributed by atoms with Gasteiger partial charge in [0, 0.05) is 17.8 Å². The van der Waals surface area contributed by atoms with Gasteiger partial charge in [-0.05, 0) is 63.1 Å². The van der Waals surface area contributed by atoms with Crippen molar-refractivity contribution in [1.82, 2.24) is 4.90 Å². The fourth-order valence-electron chi connectivity index (χ4n) is 4.76. The summed E-state index contributed by atoms with van der Waals surface area (Å²) < 4.78 is 0. The molecule has 0 atom stereocenters. The molecule has 0 N–H and O–H groups in total. The molecular formula is C26H31N3O2. The van der Waals surface area contributed by atoms with Crippen molar-refractivity contribution in [3.8, 4) is 0 Å². The van der Waals surface area contributed by atoms with Gasteiger partial charge in [0.2, 0.25) is 5.91 Å². The highest BCUT2D eigenvalue weighted by Gasteiger charge is 2.49. The topological polar surface area (TPSA) is 53.0 Å². The normalized spacial score (nSPS) is 23.2. The molecule has 5 heteroatoms. The lowest BCUT2D eigenvalue weighted by Crippen LogP contribution is -2.53. The molecule has 1 fully saturated rings. The molecule has 1 aliphatic heterocycles. The van der Waals surface area contributed by atoms with Crippen molar-refractivity contribution in [3.05, 3.63) is 65.7 Å². The maximum absolute atomic E-state index is 13.5. The highest BCUT2D eigenvalue weighted by Crippen LogP contribution is 2.41. The number of anilines is 1. The van der Waals surface area contributed by atoms with Crippen molar-refractivity contribution < 1.29 is 9.59 Å². The summed E-state index contributed by atoms with van der Waals surface area (Å²) in [7, 11) is 0. The second-order valence-corrected chi connectivity index (χ2v) is 8.86. The summed E-state index contributed by atoms with van der Waals surface area (Å²) in [6.45, 7) is 6.84. The molecule has 0 bridgehead atoms. The molecule has 4 rings (SSSR count). The minimum atomic E-state index is -0.601.